The Kier molecular flexibility index (Phi) is 4.96. The summed E-state index contributed by atoms with van der Waals surface area (Å²) in [6, 6.07) is 10.6. The van der Waals surface area contributed by atoms with Gasteiger partial charge in [0, 0.05) is 25.0 Å². The van der Waals surface area contributed by atoms with E-state index in [9.17, 15) is 0 Å². The van der Waals surface area contributed by atoms with Crippen molar-refractivity contribution in [3.8, 4) is 0 Å². The fourth-order valence-electron chi connectivity index (χ4n) is 3.80. The number of nitrogens with zero attached hydrogens (tertiary/aromatic N) is 3. The zero-order chi connectivity index (χ0) is 16.9. The second kappa shape index (κ2) is 7.68. The Morgan fingerprint density at radius 1 is 1.04 bits per heavy atom. The molecule has 0 atom stereocenters. The lowest BCUT2D eigenvalue weighted by atomic mass is 9.97. The molecule has 1 aliphatic carbocycles. The minimum Gasteiger partial charge on any atom is -0.370 e. The molecular formula is C21H26N4. The van der Waals surface area contributed by atoms with Crippen molar-refractivity contribution in [2.45, 2.75) is 44.9 Å². The molecular weight excluding hydrogens is 308 g/mol. The summed E-state index contributed by atoms with van der Waals surface area (Å²) >= 11 is 0. The average Bonchev–Trinajstić information content (AvgIpc) is 2.69. The molecule has 0 unspecified atom stereocenters. The van der Waals surface area contributed by atoms with E-state index in [2.05, 4.69) is 45.5 Å². The van der Waals surface area contributed by atoms with Gasteiger partial charge in [0.05, 0.1) is 0 Å². The van der Waals surface area contributed by atoms with Crippen molar-refractivity contribution in [1.29, 1.82) is 0 Å². The van der Waals surface area contributed by atoms with Crippen LogP contribution in [0.3, 0.4) is 0 Å². The van der Waals surface area contributed by atoms with Gasteiger partial charge >= 0.3 is 0 Å². The van der Waals surface area contributed by atoms with Crippen LogP contribution >= 0.6 is 0 Å². The maximum absolute atomic E-state index is 4.76. The van der Waals surface area contributed by atoms with E-state index in [0.29, 0.717) is 0 Å². The molecule has 2 aromatic rings. The summed E-state index contributed by atoms with van der Waals surface area (Å²) in [4.78, 5) is 11.5. The van der Waals surface area contributed by atoms with Crippen LogP contribution < -0.4 is 10.2 Å². The number of hydrogen-bond donors (Lipinski definition) is 1. The lowest BCUT2D eigenvalue weighted by Gasteiger charge is -2.29. The van der Waals surface area contributed by atoms with E-state index in [1.165, 1.54) is 36.9 Å². The first kappa shape index (κ1) is 16.1. The molecule has 130 valence electrons. The van der Waals surface area contributed by atoms with Crippen molar-refractivity contribution in [2.24, 2.45) is 0 Å². The average molecular weight is 334 g/mol. The predicted octanol–water partition coefficient (Wildman–Crippen LogP) is 4.86. The van der Waals surface area contributed by atoms with Crippen molar-refractivity contribution in [3.63, 3.8) is 0 Å². The van der Waals surface area contributed by atoms with Gasteiger partial charge in [-0.05, 0) is 62.6 Å². The van der Waals surface area contributed by atoms with Gasteiger partial charge in [-0.25, -0.2) is 4.98 Å². The number of rotatable bonds is 5. The number of nitrogens with one attached hydrogen (secondary N) is 1. The van der Waals surface area contributed by atoms with Gasteiger partial charge in [-0.2, -0.15) is 4.98 Å². The number of fused-ring (bicyclic) bond motifs is 1. The van der Waals surface area contributed by atoms with Crippen molar-refractivity contribution < 1.29 is 0 Å². The van der Waals surface area contributed by atoms with Crippen molar-refractivity contribution in [2.75, 3.05) is 23.3 Å². The molecule has 0 bridgehead atoms. The maximum atomic E-state index is 4.76. The highest BCUT2D eigenvalue weighted by Crippen LogP contribution is 2.31. The number of hydrogen-bond acceptors (Lipinski definition) is 4. The molecule has 1 aliphatic heterocycles. The normalized spacial score (nSPS) is 17.0. The molecule has 0 saturated heterocycles. The summed E-state index contributed by atoms with van der Waals surface area (Å²) in [5, 5.41) is 3.48. The number of anilines is 3. The third-order valence-electron chi connectivity index (χ3n) is 5.13. The fraction of sp³-hybridized carbons (Fsp3) is 0.429. The van der Waals surface area contributed by atoms with Crippen molar-refractivity contribution in [1.82, 2.24) is 9.97 Å². The van der Waals surface area contributed by atoms with Crippen LogP contribution in [0.15, 0.2) is 48.2 Å². The van der Waals surface area contributed by atoms with Gasteiger partial charge in [0.25, 0.3) is 0 Å². The Bertz CT molecular complexity index is 753. The van der Waals surface area contributed by atoms with Gasteiger partial charge in [0.2, 0.25) is 5.95 Å². The van der Waals surface area contributed by atoms with E-state index in [-0.39, 0.29) is 0 Å². The highest BCUT2D eigenvalue weighted by molar-refractivity contribution is 5.64. The zero-order valence-corrected chi connectivity index (χ0v) is 14.7. The van der Waals surface area contributed by atoms with Crippen LogP contribution in [0.4, 0.5) is 17.5 Å². The van der Waals surface area contributed by atoms with E-state index in [1.807, 2.05) is 12.3 Å². The monoisotopic (exact) mass is 334 g/mol. The highest BCUT2D eigenvalue weighted by Gasteiger charge is 2.19. The van der Waals surface area contributed by atoms with Crippen LogP contribution in [0.5, 0.6) is 0 Å². The van der Waals surface area contributed by atoms with E-state index >= 15 is 0 Å². The van der Waals surface area contributed by atoms with Crippen molar-refractivity contribution in [3.05, 3.63) is 53.7 Å². The van der Waals surface area contributed by atoms with E-state index in [0.717, 1.165) is 44.1 Å². The molecule has 2 heterocycles. The Morgan fingerprint density at radius 3 is 2.92 bits per heavy atom. The van der Waals surface area contributed by atoms with Gasteiger partial charge in [-0.1, -0.05) is 29.8 Å². The molecule has 0 spiro atoms. The summed E-state index contributed by atoms with van der Waals surface area (Å²) in [7, 11) is 0. The second-order valence-electron chi connectivity index (χ2n) is 6.91. The Balaban J connectivity index is 1.44. The molecule has 1 aromatic carbocycles. The van der Waals surface area contributed by atoms with E-state index in [4.69, 9.17) is 4.98 Å². The van der Waals surface area contributed by atoms with Crippen LogP contribution in [-0.4, -0.2) is 23.1 Å². The van der Waals surface area contributed by atoms with Crippen LogP contribution in [0.1, 0.15) is 44.1 Å². The predicted molar refractivity (Wildman–Crippen MR) is 103 cm³/mol. The second-order valence-corrected chi connectivity index (χ2v) is 6.91. The highest BCUT2D eigenvalue weighted by atomic mass is 15.3. The SMILES string of the molecule is C1=C(CCNc2ccnc(N3CCCc4ccccc43)n2)CCCC1. The molecule has 1 N–H and O–H groups in total. The lowest BCUT2D eigenvalue weighted by Crippen LogP contribution is -2.26. The van der Waals surface area contributed by atoms with Gasteiger partial charge < -0.3 is 10.2 Å². The van der Waals surface area contributed by atoms with Gasteiger partial charge in [-0.3, -0.25) is 0 Å². The Hall–Kier alpha value is -2.36. The molecule has 1 aromatic heterocycles. The third-order valence-corrected chi connectivity index (χ3v) is 5.13. The molecule has 0 fully saturated rings. The Morgan fingerprint density at radius 2 is 2.00 bits per heavy atom. The molecule has 0 radical (unpaired) electrons. The number of aryl methyl sites for hydroxylation is 1. The van der Waals surface area contributed by atoms with Crippen LogP contribution in [-0.2, 0) is 6.42 Å². The summed E-state index contributed by atoms with van der Waals surface area (Å²) in [6.07, 6.45) is 12.9. The largest absolute Gasteiger partial charge is 0.370 e. The van der Waals surface area contributed by atoms with E-state index < -0.39 is 0 Å². The first-order chi connectivity index (χ1) is 12.4. The minimum absolute atomic E-state index is 0.800. The third kappa shape index (κ3) is 3.84. The molecule has 0 saturated carbocycles. The topological polar surface area (TPSA) is 41.1 Å². The smallest absolute Gasteiger partial charge is 0.231 e. The van der Waals surface area contributed by atoms with Crippen LogP contribution in [0, 0.1) is 0 Å². The number of allylic oxidation sites excluding steroid dienone is 1. The lowest BCUT2D eigenvalue weighted by molar-refractivity contribution is 0.679. The minimum atomic E-state index is 0.800. The molecule has 2 aliphatic rings. The quantitative estimate of drug-likeness (QED) is 0.793. The Labute approximate surface area is 150 Å². The zero-order valence-electron chi connectivity index (χ0n) is 14.7. The molecule has 4 heteroatoms. The van der Waals surface area contributed by atoms with Gasteiger partial charge in [0.1, 0.15) is 5.82 Å². The first-order valence-corrected chi connectivity index (χ1v) is 9.50. The van der Waals surface area contributed by atoms with Crippen LogP contribution in [0.2, 0.25) is 0 Å². The maximum Gasteiger partial charge on any atom is 0.231 e. The number of para-hydroxylation sites is 1. The van der Waals surface area contributed by atoms with Gasteiger partial charge in [0.15, 0.2) is 0 Å². The summed E-state index contributed by atoms with van der Waals surface area (Å²) in [6.45, 7) is 1.92. The summed E-state index contributed by atoms with van der Waals surface area (Å²) < 4.78 is 0. The summed E-state index contributed by atoms with van der Waals surface area (Å²) in [5.41, 5.74) is 4.23. The molecule has 4 rings (SSSR count). The molecule has 4 nitrogen and oxygen atoms in total. The van der Waals surface area contributed by atoms with Crippen LogP contribution in [0.25, 0.3) is 0 Å². The standard InChI is InChI=1S/C21H26N4/c1-2-7-17(8-3-1)12-14-22-20-13-15-23-21(24-20)25-16-6-10-18-9-4-5-11-19(18)25/h4-5,7,9,11,13,15H,1-3,6,8,10,12,14,16H2,(H,22,23,24). The van der Waals surface area contributed by atoms with E-state index in [1.54, 1.807) is 5.57 Å². The number of benzene rings is 1. The fourth-order valence-corrected chi connectivity index (χ4v) is 3.80. The number of aromatic nitrogens is 2. The van der Waals surface area contributed by atoms with Gasteiger partial charge in [-0.15, -0.1) is 0 Å². The molecule has 25 heavy (non-hydrogen) atoms. The van der Waals surface area contributed by atoms with Crippen molar-refractivity contribution >= 4 is 17.5 Å². The summed E-state index contributed by atoms with van der Waals surface area (Å²) in [5.74, 6) is 1.72. The first-order valence-electron chi connectivity index (χ1n) is 9.50. The molecule has 0 amide bonds.